The van der Waals surface area contributed by atoms with Crippen molar-refractivity contribution in [1.29, 1.82) is 5.26 Å². The number of anilines is 1. The summed E-state index contributed by atoms with van der Waals surface area (Å²) in [6.07, 6.45) is 2.23. The van der Waals surface area contributed by atoms with Gasteiger partial charge in [-0.15, -0.1) is 0 Å². The molecule has 1 saturated heterocycles. The van der Waals surface area contributed by atoms with Crippen molar-refractivity contribution in [3.05, 3.63) is 35.5 Å². The van der Waals surface area contributed by atoms with Crippen LogP contribution in [0.5, 0.6) is 0 Å². The molecular weight excluding hydrogens is 260 g/mol. The van der Waals surface area contributed by atoms with E-state index in [4.69, 9.17) is 10.7 Å². The summed E-state index contributed by atoms with van der Waals surface area (Å²) in [4.78, 5) is 7.19. The number of likely N-dealkylation sites (N-methyl/N-ethyl adjacent to an activating group) is 1. The zero-order valence-electron chi connectivity index (χ0n) is 12.3. The largest absolute Gasteiger partial charge is 0.397 e. The average Bonchev–Trinajstić information content (AvgIpc) is 2.55. The van der Waals surface area contributed by atoms with Crippen LogP contribution in [-0.4, -0.2) is 29.5 Å². The molecule has 0 bridgehead atoms. The highest BCUT2D eigenvalue weighted by molar-refractivity contribution is 5.93. The maximum atomic E-state index is 9.53. The molecule has 1 atom stereocenters. The Hall–Kier alpha value is -2.12. The normalized spacial score (nSPS) is 19.5. The first-order valence-corrected chi connectivity index (χ1v) is 7.55. The Morgan fingerprint density at radius 2 is 2.24 bits per heavy atom. The number of hydrogen-bond donors (Lipinski definition) is 1. The molecule has 4 nitrogen and oxygen atoms in total. The van der Waals surface area contributed by atoms with Crippen LogP contribution in [0.25, 0.3) is 10.9 Å². The minimum absolute atomic E-state index is 0.306. The Morgan fingerprint density at radius 3 is 3.00 bits per heavy atom. The van der Waals surface area contributed by atoms with Gasteiger partial charge < -0.3 is 10.6 Å². The van der Waals surface area contributed by atoms with Crippen LogP contribution in [0.15, 0.2) is 24.3 Å². The number of benzene rings is 1. The molecule has 108 valence electrons. The molecule has 1 aliphatic heterocycles. The molecule has 0 saturated carbocycles. The van der Waals surface area contributed by atoms with E-state index in [1.54, 1.807) is 0 Å². The maximum Gasteiger partial charge on any atom is 0.103 e. The molecule has 21 heavy (non-hydrogen) atoms. The van der Waals surface area contributed by atoms with E-state index < -0.39 is 0 Å². The van der Waals surface area contributed by atoms with Crippen molar-refractivity contribution in [1.82, 2.24) is 9.88 Å². The summed E-state index contributed by atoms with van der Waals surface area (Å²) in [6, 6.07) is 10.1. The number of likely N-dealkylation sites (tertiary alicyclic amines) is 1. The third kappa shape index (κ3) is 2.45. The predicted molar refractivity (Wildman–Crippen MR) is 85.0 cm³/mol. The molecule has 1 fully saturated rings. The molecule has 1 unspecified atom stereocenters. The first-order chi connectivity index (χ1) is 10.2. The summed E-state index contributed by atoms with van der Waals surface area (Å²) in [6.45, 7) is 5.32. The van der Waals surface area contributed by atoms with Crippen LogP contribution < -0.4 is 5.73 Å². The lowest BCUT2D eigenvalue weighted by atomic mass is 9.90. The summed E-state index contributed by atoms with van der Waals surface area (Å²) in [5, 5.41) is 10.4. The fraction of sp³-hybridized carbons (Fsp3) is 0.412. The first-order valence-electron chi connectivity index (χ1n) is 7.55. The number of nitriles is 1. The lowest BCUT2D eigenvalue weighted by molar-refractivity contribution is 0.216. The average molecular weight is 280 g/mol. The minimum atomic E-state index is 0.306. The summed E-state index contributed by atoms with van der Waals surface area (Å²) in [5.41, 5.74) is 9.14. The topological polar surface area (TPSA) is 65.9 Å². The van der Waals surface area contributed by atoms with Gasteiger partial charge in [-0.1, -0.05) is 25.1 Å². The van der Waals surface area contributed by atoms with Crippen LogP contribution in [0.4, 0.5) is 5.69 Å². The van der Waals surface area contributed by atoms with E-state index >= 15 is 0 Å². The highest BCUT2D eigenvalue weighted by Crippen LogP contribution is 2.33. The van der Waals surface area contributed by atoms with Gasteiger partial charge in [0.15, 0.2) is 0 Å². The highest BCUT2D eigenvalue weighted by atomic mass is 15.1. The van der Waals surface area contributed by atoms with Gasteiger partial charge in [-0.3, -0.25) is 4.98 Å². The lowest BCUT2D eigenvalue weighted by Gasteiger charge is -2.32. The molecule has 2 heterocycles. The van der Waals surface area contributed by atoms with Crippen molar-refractivity contribution in [2.75, 3.05) is 25.4 Å². The Balaban J connectivity index is 2.11. The summed E-state index contributed by atoms with van der Waals surface area (Å²) < 4.78 is 0. The quantitative estimate of drug-likeness (QED) is 0.918. The smallest absolute Gasteiger partial charge is 0.103 e. The Kier molecular flexibility index (Phi) is 3.76. The molecule has 3 rings (SSSR count). The molecule has 0 aliphatic carbocycles. The number of piperidine rings is 1. The number of hydrogen-bond acceptors (Lipinski definition) is 4. The second-order valence-corrected chi connectivity index (χ2v) is 5.65. The third-order valence-electron chi connectivity index (χ3n) is 4.41. The number of aromatic nitrogens is 1. The van der Waals surface area contributed by atoms with E-state index in [2.05, 4.69) is 17.9 Å². The van der Waals surface area contributed by atoms with E-state index in [1.165, 1.54) is 0 Å². The predicted octanol–water partition coefficient (Wildman–Crippen LogP) is 2.89. The molecule has 1 aromatic heterocycles. The molecule has 2 aromatic rings. The lowest BCUT2D eigenvalue weighted by Crippen LogP contribution is -2.34. The van der Waals surface area contributed by atoms with Crippen molar-refractivity contribution in [2.24, 2.45) is 0 Å². The second-order valence-electron chi connectivity index (χ2n) is 5.65. The van der Waals surface area contributed by atoms with Crippen LogP contribution in [-0.2, 0) is 0 Å². The molecular formula is C17H20N4. The maximum absolute atomic E-state index is 9.53. The summed E-state index contributed by atoms with van der Waals surface area (Å²) in [7, 11) is 0. The highest BCUT2D eigenvalue weighted by Gasteiger charge is 2.25. The van der Waals surface area contributed by atoms with Crippen molar-refractivity contribution in [3.8, 4) is 6.07 Å². The van der Waals surface area contributed by atoms with Crippen LogP contribution in [0.2, 0.25) is 0 Å². The van der Waals surface area contributed by atoms with Crippen LogP contribution in [0, 0.1) is 11.3 Å². The SMILES string of the molecule is CCN1CCCC(c2nc3ccccc3c(N)c2C#N)C1. The van der Waals surface area contributed by atoms with Crippen LogP contribution in [0.1, 0.15) is 36.9 Å². The van der Waals surface area contributed by atoms with Gasteiger partial charge in [-0.2, -0.15) is 5.26 Å². The van der Waals surface area contributed by atoms with Gasteiger partial charge in [0.2, 0.25) is 0 Å². The second kappa shape index (κ2) is 5.71. The van der Waals surface area contributed by atoms with Gasteiger partial charge >= 0.3 is 0 Å². The van der Waals surface area contributed by atoms with Crippen molar-refractivity contribution in [3.63, 3.8) is 0 Å². The number of nitrogen functional groups attached to an aromatic ring is 1. The summed E-state index contributed by atoms with van der Waals surface area (Å²) >= 11 is 0. The van der Waals surface area contributed by atoms with E-state index in [0.29, 0.717) is 17.2 Å². The number of para-hydroxylation sites is 1. The Bertz CT molecular complexity index is 702. The van der Waals surface area contributed by atoms with Crippen molar-refractivity contribution >= 4 is 16.6 Å². The minimum Gasteiger partial charge on any atom is -0.397 e. The van der Waals surface area contributed by atoms with Crippen LogP contribution >= 0.6 is 0 Å². The van der Waals surface area contributed by atoms with Gasteiger partial charge in [-0.25, -0.2) is 0 Å². The number of fused-ring (bicyclic) bond motifs is 1. The number of nitrogens with zero attached hydrogens (tertiary/aromatic N) is 3. The van der Waals surface area contributed by atoms with Crippen molar-refractivity contribution in [2.45, 2.75) is 25.7 Å². The van der Waals surface area contributed by atoms with Gasteiger partial charge in [0.05, 0.1) is 22.5 Å². The summed E-state index contributed by atoms with van der Waals surface area (Å²) in [5.74, 6) is 0.306. The third-order valence-corrected chi connectivity index (χ3v) is 4.41. The first kappa shape index (κ1) is 13.8. The number of rotatable bonds is 2. The molecule has 4 heteroatoms. The zero-order chi connectivity index (χ0) is 14.8. The van der Waals surface area contributed by atoms with E-state index in [0.717, 1.165) is 49.1 Å². The molecule has 0 spiro atoms. The van der Waals surface area contributed by atoms with E-state index in [1.807, 2.05) is 24.3 Å². The monoisotopic (exact) mass is 280 g/mol. The molecule has 1 aliphatic rings. The molecule has 1 aromatic carbocycles. The Morgan fingerprint density at radius 1 is 1.43 bits per heavy atom. The van der Waals surface area contributed by atoms with Gasteiger partial charge in [-0.05, 0) is 32.0 Å². The standard InChI is InChI=1S/C17H20N4/c1-2-21-9-5-6-12(11-21)17-14(10-18)16(19)13-7-3-4-8-15(13)20-17/h3-4,7-8,12H,2,5-6,9,11H2,1H3,(H2,19,20). The van der Waals surface area contributed by atoms with Crippen LogP contribution in [0.3, 0.4) is 0 Å². The van der Waals surface area contributed by atoms with Gasteiger partial charge in [0.25, 0.3) is 0 Å². The van der Waals surface area contributed by atoms with E-state index in [9.17, 15) is 5.26 Å². The fourth-order valence-electron chi connectivity index (χ4n) is 3.24. The zero-order valence-corrected chi connectivity index (χ0v) is 12.3. The fourth-order valence-corrected chi connectivity index (χ4v) is 3.24. The van der Waals surface area contributed by atoms with E-state index in [-0.39, 0.29) is 0 Å². The number of nitrogens with two attached hydrogens (primary N) is 1. The molecule has 0 radical (unpaired) electrons. The van der Waals surface area contributed by atoms with Gasteiger partial charge in [0.1, 0.15) is 6.07 Å². The molecule has 0 amide bonds. The van der Waals surface area contributed by atoms with Crippen molar-refractivity contribution < 1.29 is 0 Å². The molecule has 2 N–H and O–H groups in total. The van der Waals surface area contributed by atoms with Gasteiger partial charge in [0, 0.05) is 17.8 Å². The Labute approximate surface area is 125 Å². The number of pyridine rings is 1.